The van der Waals surface area contributed by atoms with E-state index in [1.54, 1.807) is 0 Å². The molecule has 2 amide bonds. The monoisotopic (exact) mass is 287 g/mol. The van der Waals surface area contributed by atoms with Crippen molar-refractivity contribution in [1.82, 2.24) is 16.0 Å². The summed E-state index contributed by atoms with van der Waals surface area (Å²) in [4.78, 5) is 24.4. The van der Waals surface area contributed by atoms with E-state index in [0.29, 0.717) is 6.54 Å². The minimum atomic E-state index is -0.634. The molecular weight excluding hydrogens is 266 g/mol. The van der Waals surface area contributed by atoms with Gasteiger partial charge in [0.1, 0.15) is 12.1 Å². The number of carbonyl (C=O) groups excluding carboxylic acids is 2. The van der Waals surface area contributed by atoms with Crippen LogP contribution in [0, 0.1) is 5.92 Å². The van der Waals surface area contributed by atoms with Gasteiger partial charge in [-0.25, -0.2) is 0 Å². The molecule has 0 spiro atoms. The summed E-state index contributed by atoms with van der Waals surface area (Å²) in [5.41, 5.74) is 1.00. The summed E-state index contributed by atoms with van der Waals surface area (Å²) in [5, 5.41) is 9.10. The fourth-order valence-corrected chi connectivity index (χ4v) is 3.05. The molecule has 112 valence electrons. The van der Waals surface area contributed by atoms with Crippen molar-refractivity contribution in [2.45, 2.75) is 37.9 Å². The van der Waals surface area contributed by atoms with Gasteiger partial charge in [-0.3, -0.25) is 14.9 Å². The van der Waals surface area contributed by atoms with E-state index >= 15 is 0 Å². The average Bonchev–Trinajstić information content (AvgIpc) is 3.01. The average molecular weight is 287 g/mol. The molecule has 3 rings (SSSR count). The highest BCUT2D eigenvalue weighted by molar-refractivity contribution is 6.01. The van der Waals surface area contributed by atoms with Gasteiger partial charge in [0.15, 0.2) is 0 Å². The molecule has 2 unspecified atom stereocenters. The van der Waals surface area contributed by atoms with Gasteiger partial charge >= 0.3 is 0 Å². The lowest BCUT2D eigenvalue weighted by Gasteiger charge is -2.30. The van der Waals surface area contributed by atoms with Crippen LogP contribution in [0.5, 0.6) is 0 Å². The van der Waals surface area contributed by atoms with Crippen LogP contribution in [0.25, 0.3) is 0 Å². The van der Waals surface area contributed by atoms with E-state index in [2.05, 4.69) is 16.0 Å². The predicted octanol–water partition coefficient (Wildman–Crippen LogP) is 1.08. The second-order valence-corrected chi connectivity index (χ2v) is 5.80. The molecule has 5 nitrogen and oxygen atoms in total. The maximum absolute atomic E-state index is 12.2. The lowest BCUT2D eigenvalue weighted by molar-refractivity contribution is -0.137. The molecule has 2 atom stereocenters. The van der Waals surface area contributed by atoms with Crippen LogP contribution in [0.3, 0.4) is 0 Å². The summed E-state index contributed by atoms with van der Waals surface area (Å²) in [6.45, 7) is 0.379. The number of nitrogens with one attached hydrogen (secondary N) is 3. The molecule has 1 aromatic rings. The first kappa shape index (κ1) is 14.1. The van der Waals surface area contributed by atoms with E-state index < -0.39 is 5.92 Å². The Balaban J connectivity index is 1.58. The summed E-state index contributed by atoms with van der Waals surface area (Å²) in [6, 6.07) is 9.96. The smallest absolute Gasteiger partial charge is 0.235 e. The van der Waals surface area contributed by atoms with E-state index in [1.165, 1.54) is 0 Å². The van der Waals surface area contributed by atoms with Crippen LogP contribution in [0.4, 0.5) is 0 Å². The van der Waals surface area contributed by atoms with Crippen LogP contribution < -0.4 is 16.0 Å². The lowest BCUT2D eigenvalue weighted by Crippen LogP contribution is -2.56. The van der Waals surface area contributed by atoms with Crippen molar-refractivity contribution < 1.29 is 9.59 Å². The first-order chi connectivity index (χ1) is 10.2. The van der Waals surface area contributed by atoms with Crippen molar-refractivity contribution in [3.63, 3.8) is 0 Å². The molecule has 1 heterocycles. The van der Waals surface area contributed by atoms with Crippen molar-refractivity contribution in [2.75, 3.05) is 6.54 Å². The summed E-state index contributed by atoms with van der Waals surface area (Å²) in [5.74, 6) is -0.984. The number of amides is 2. The second-order valence-electron chi connectivity index (χ2n) is 5.80. The minimum absolute atomic E-state index is 0.154. The van der Waals surface area contributed by atoms with E-state index in [1.807, 2.05) is 30.3 Å². The highest BCUT2D eigenvalue weighted by Crippen LogP contribution is 2.19. The zero-order valence-electron chi connectivity index (χ0n) is 12.0. The zero-order valence-corrected chi connectivity index (χ0v) is 12.0. The minimum Gasteiger partial charge on any atom is -0.353 e. The maximum atomic E-state index is 12.2. The van der Waals surface area contributed by atoms with Crippen molar-refractivity contribution in [1.29, 1.82) is 0 Å². The van der Waals surface area contributed by atoms with Crippen LogP contribution in [0.15, 0.2) is 30.3 Å². The largest absolute Gasteiger partial charge is 0.353 e. The van der Waals surface area contributed by atoms with Crippen LogP contribution in [0.2, 0.25) is 0 Å². The molecule has 21 heavy (non-hydrogen) atoms. The number of hydrogen-bond acceptors (Lipinski definition) is 3. The quantitative estimate of drug-likeness (QED) is 0.729. The number of benzene rings is 1. The molecule has 1 aliphatic carbocycles. The second kappa shape index (κ2) is 6.26. The number of rotatable bonds is 3. The molecule has 0 bridgehead atoms. The fraction of sp³-hybridized carbons (Fsp3) is 0.500. The third-order valence-electron chi connectivity index (χ3n) is 4.28. The van der Waals surface area contributed by atoms with Crippen molar-refractivity contribution in [3.8, 4) is 0 Å². The van der Waals surface area contributed by atoms with Crippen LogP contribution in [0.1, 0.15) is 37.4 Å². The van der Waals surface area contributed by atoms with Gasteiger partial charge in [0.2, 0.25) is 11.8 Å². The van der Waals surface area contributed by atoms with Crippen molar-refractivity contribution in [3.05, 3.63) is 35.9 Å². The number of carbonyl (C=O) groups is 2. The van der Waals surface area contributed by atoms with E-state index in [-0.39, 0.29) is 24.0 Å². The molecule has 5 heteroatoms. The molecule has 1 aromatic carbocycles. The Morgan fingerprint density at radius 3 is 2.52 bits per heavy atom. The summed E-state index contributed by atoms with van der Waals surface area (Å²) >= 11 is 0. The Morgan fingerprint density at radius 2 is 1.86 bits per heavy atom. The van der Waals surface area contributed by atoms with Crippen molar-refractivity contribution in [2.24, 2.45) is 5.92 Å². The first-order valence-corrected chi connectivity index (χ1v) is 7.63. The summed E-state index contributed by atoms with van der Waals surface area (Å²) < 4.78 is 0. The molecule has 1 aliphatic heterocycles. The van der Waals surface area contributed by atoms with Gasteiger partial charge in [-0.15, -0.1) is 0 Å². The fourth-order valence-electron chi connectivity index (χ4n) is 3.05. The predicted molar refractivity (Wildman–Crippen MR) is 79.2 cm³/mol. The van der Waals surface area contributed by atoms with Crippen LogP contribution >= 0.6 is 0 Å². The third-order valence-corrected chi connectivity index (χ3v) is 4.28. The standard InChI is InChI=1S/C16H21N3O2/c20-15(18-12-8-4-5-9-12)13-10-17-14(19-16(13)21)11-6-2-1-3-7-11/h1-3,6-7,12-14,17H,4-5,8-10H2,(H,18,20)(H,19,21). The number of hydrogen-bond donors (Lipinski definition) is 3. The molecule has 2 fully saturated rings. The Labute approximate surface area is 124 Å². The van der Waals surface area contributed by atoms with Crippen LogP contribution in [-0.4, -0.2) is 24.4 Å². The van der Waals surface area contributed by atoms with Gasteiger partial charge in [-0.1, -0.05) is 43.2 Å². The van der Waals surface area contributed by atoms with Gasteiger partial charge in [0.25, 0.3) is 0 Å². The summed E-state index contributed by atoms with van der Waals surface area (Å²) in [7, 11) is 0. The highest BCUT2D eigenvalue weighted by atomic mass is 16.2. The molecule has 3 N–H and O–H groups in total. The molecule has 1 saturated carbocycles. The third kappa shape index (κ3) is 3.24. The van der Waals surface area contributed by atoms with E-state index in [0.717, 1.165) is 31.2 Å². The lowest BCUT2D eigenvalue weighted by atomic mass is 10.0. The normalized spacial score (nSPS) is 26.4. The first-order valence-electron chi connectivity index (χ1n) is 7.63. The Morgan fingerprint density at radius 1 is 1.14 bits per heavy atom. The maximum Gasteiger partial charge on any atom is 0.235 e. The summed E-state index contributed by atoms with van der Waals surface area (Å²) in [6.07, 6.45) is 4.17. The Hall–Kier alpha value is -1.88. The van der Waals surface area contributed by atoms with E-state index in [4.69, 9.17) is 0 Å². The Bertz CT molecular complexity index is 512. The van der Waals surface area contributed by atoms with Gasteiger partial charge in [0, 0.05) is 12.6 Å². The highest BCUT2D eigenvalue weighted by Gasteiger charge is 2.34. The van der Waals surface area contributed by atoms with Gasteiger partial charge < -0.3 is 10.6 Å². The Kier molecular flexibility index (Phi) is 4.20. The molecular formula is C16H21N3O2. The van der Waals surface area contributed by atoms with Crippen LogP contribution in [-0.2, 0) is 9.59 Å². The topological polar surface area (TPSA) is 70.2 Å². The molecule has 2 aliphatic rings. The molecule has 0 aromatic heterocycles. The van der Waals surface area contributed by atoms with Gasteiger partial charge in [-0.2, -0.15) is 0 Å². The van der Waals surface area contributed by atoms with E-state index in [9.17, 15) is 9.59 Å². The molecule has 0 radical (unpaired) electrons. The van der Waals surface area contributed by atoms with Gasteiger partial charge in [0.05, 0.1) is 0 Å². The zero-order chi connectivity index (χ0) is 14.7. The van der Waals surface area contributed by atoms with Gasteiger partial charge in [-0.05, 0) is 18.4 Å². The molecule has 1 saturated heterocycles. The van der Waals surface area contributed by atoms with Crippen molar-refractivity contribution >= 4 is 11.8 Å². The SMILES string of the molecule is O=C(NC1CCCC1)C1CNC(c2ccccc2)NC1=O.